The van der Waals surface area contributed by atoms with Gasteiger partial charge in [0.15, 0.2) is 12.1 Å². The quantitative estimate of drug-likeness (QED) is 0.208. The van der Waals surface area contributed by atoms with Crippen molar-refractivity contribution in [1.29, 1.82) is 0 Å². The first-order valence-corrected chi connectivity index (χ1v) is 5.65. The monoisotopic (exact) mass is 353 g/mol. The summed E-state index contributed by atoms with van der Waals surface area (Å²) in [4.78, 5) is 32.1. The maximum Gasteiger partial charge on any atom is 0.290 e. The van der Waals surface area contributed by atoms with E-state index in [9.17, 15) is 19.7 Å². The van der Waals surface area contributed by atoms with E-state index >= 15 is 0 Å². The number of halogens is 2. The van der Waals surface area contributed by atoms with Crippen molar-refractivity contribution in [2.75, 3.05) is 5.88 Å². The van der Waals surface area contributed by atoms with Gasteiger partial charge in [0.2, 0.25) is 0 Å². The fourth-order valence-electron chi connectivity index (χ4n) is 1.20. The lowest BCUT2D eigenvalue weighted by atomic mass is 10.1. The Morgan fingerprint density at radius 2 is 2.19 bits per heavy atom. The molecule has 0 aliphatic carbocycles. The van der Waals surface area contributed by atoms with E-state index in [0.717, 1.165) is 0 Å². The first kappa shape index (κ1) is 13.0. The van der Waals surface area contributed by atoms with Crippen LogP contribution in [0.5, 0.6) is 0 Å². The Bertz CT molecular complexity index is 475. The van der Waals surface area contributed by atoms with Gasteiger partial charge in [-0.15, -0.1) is 11.6 Å². The summed E-state index contributed by atoms with van der Waals surface area (Å²) in [5.74, 6) is -0.936. The second-order valence-electron chi connectivity index (χ2n) is 2.82. The van der Waals surface area contributed by atoms with Gasteiger partial charge in [0.1, 0.15) is 0 Å². The molecule has 7 heteroatoms. The molecule has 1 rings (SSSR count). The molecular weight excluding hydrogens is 348 g/mol. The van der Waals surface area contributed by atoms with Crippen molar-refractivity contribution in [2.24, 2.45) is 0 Å². The number of alkyl halides is 1. The van der Waals surface area contributed by atoms with E-state index < -0.39 is 16.4 Å². The summed E-state index contributed by atoms with van der Waals surface area (Å²) in [6.45, 7) is 0. The average Bonchev–Trinajstić information content (AvgIpc) is 2.26. The molecule has 0 aliphatic rings. The summed E-state index contributed by atoms with van der Waals surface area (Å²) >= 11 is 7.22. The number of rotatable bonds is 4. The number of carbonyl (C=O) groups is 2. The van der Waals surface area contributed by atoms with Gasteiger partial charge < -0.3 is 0 Å². The molecule has 0 aromatic heterocycles. The van der Waals surface area contributed by atoms with E-state index in [-0.39, 0.29) is 17.0 Å². The van der Waals surface area contributed by atoms with Gasteiger partial charge in [0.25, 0.3) is 5.69 Å². The summed E-state index contributed by atoms with van der Waals surface area (Å²) in [6.07, 6.45) is 0.352. The molecule has 0 saturated heterocycles. The largest absolute Gasteiger partial charge is 0.298 e. The highest BCUT2D eigenvalue weighted by atomic mass is 127. The molecule has 0 spiro atoms. The molecule has 1 aromatic carbocycles. The van der Waals surface area contributed by atoms with Crippen LogP contribution < -0.4 is 0 Å². The summed E-state index contributed by atoms with van der Waals surface area (Å²) in [6, 6.07) is 2.69. The van der Waals surface area contributed by atoms with Crippen molar-refractivity contribution in [3.05, 3.63) is 36.9 Å². The first-order valence-electron chi connectivity index (χ1n) is 4.03. The number of nitrogens with zero attached hydrogens (tertiary/aromatic N) is 1. The topological polar surface area (TPSA) is 77.3 Å². The van der Waals surface area contributed by atoms with Crippen molar-refractivity contribution in [3.63, 3.8) is 0 Å². The highest BCUT2D eigenvalue weighted by Gasteiger charge is 2.24. The van der Waals surface area contributed by atoms with Crippen LogP contribution in [0.4, 0.5) is 5.69 Å². The van der Waals surface area contributed by atoms with Gasteiger partial charge >= 0.3 is 0 Å². The van der Waals surface area contributed by atoms with Gasteiger partial charge in [0.05, 0.1) is 21.9 Å². The number of aldehydes is 1. The third-order valence-electron chi connectivity index (χ3n) is 1.84. The molecule has 0 aliphatic heterocycles. The van der Waals surface area contributed by atoms with E-state index in [1.165, 1.54) is 12.1 Å². The number of benzene rings is 1. The first-order chi connectivity index (χ1) is 7.51. The van der Waals surface area contributed by atoms with E-state index in [1.807, 2.05) is 22.6 Å². The summed E-state index contributed by atoms with van der Waals surface area (Å²) in [5, 5.41) is 10.8. The van der Waals surface area contributed by atoms with Gasteiger partial charge in [-0.3, -0.25) is 19.7 Å². The van der Waals surface area contributed by atoms with E-state index in [2.05, 4.69) is 0 Å². The molecule has 0 amide bonds. The third-order valence-corrected chi connectivity index (χ3v) is 2.70. The van der Waals surface area contributed by atoms with Crippen LogP contribution in [0.15, 0.2) is 12.1 Å². The third kappa shape index (κ3) is 2.56. The molecule has 1 aromatic rings. The second-order valence-corrected chi connectivity index (χ2v) is 4.34. The number of hydrogen-bond donors (Lipinski definition) is 0. The minimum Gasteiger partial charge on any atom is -0.298 e. The maximum atomic E-state index is 11.4. The van der Waals surface area contributed by atoms with Crippen LogP contribution in [0.1, 0.15) is 20.7 Å². The lowest BCUT2D eigenvalue weighted by Crippen LogP contribution is -2.08. The second kappa shape index (κ2) is 5.35. The highest BCUT2D eigenvalue weighted by Crippen LogP contribution is 2.26. The number of hydrogen-bond acceptors (Lipinski definition) is 4. The molecule has 0 heterocycles. The van der Waals surface area contributed by atoms with Crippen LogP contribution in [-0.2, 0) is 0 Å². The molecule has 0 fully saturated rings. The molecule has 0 atom stereocenters. The van der Waals surface area contributed by atoms with E-state index in [1.54, 1.807) is 0 Å². The van der Waals surface area contributed by atoms with Crippen molar-refractivity contribution in [2.45, 2.75) is 0 Å². The zero-order chi connectivity index (χ0) is 12.3. The molecule has 0 saturated carbocycles. The van der Waals surface area contributed by atoms with E-state index in [4.69, 9.17) is 11.6 Å². The Morgan fingerprint density at radius 3 is 2.62 bits per heavy atom. The zero-order valence-electron chi connectivity index (χ0n) is 7.78. The molecule has 5 nitrogen and oxygen atoms in total. The van der Waals surface area contributed by atoms with Gasteiger partial charge in [0, 0.05) is 3.57 Å². The van der Waals surface area contributed by atoms with Crippen LogP contribution in [0.3, 0.4) is 0 Å². The predicted molar refractivity (Wildman–Crippen MR) is 66.3 cm³/mol. The fraction of sp³-hybridized carbons (Fsp3) is 0.111. The summed E-state index contributed by atoms with van der Waals surface area (Å²) in [7, 11) is 0. The van der Waals surface area contributed by atoms with Crippen molar-refractivity contribution >= 4 is 51.9 Å². The van der Waals surface area contributed by atoms with Crippen LogP contribution in [0.2, 0.25) is 0 Å². The van der Waals surface area contributed by atoms with Gasteiger partial charge in [-0.1, -0.05) is 0 Å². The highest BCUT2D eigenvalue weighted by molar-refractivity contribution is 14.1. The SMILES string of the molecule is O=Cc1cc(I)cc(C(=O)CCl)c1[N+](=O)[O-]. The fourth-order valence-corrected chi connectivity index (χ4v) is 1.99. The Balaban J connectivity index is 3.56. The average molecular weight is 353 g/mol. The molecule has 0 bridgehead atoms. The Hall–Kier alpha value is -1.02. The molecular formula is C9H5ClINO4. The van der Waals surface area contributed by atoms with Gasteiger partial charge in [-0.2, -0.15) is 0 Å². The summed E-state index contributed by atoms with van der Waals surface area (Å²) < 4.78 is 0.568. The minimum atomic E-state index is -0.750. The normalized spacial score (nSPS) is 9.88. The lowest BCUT2D eigenvalue weighted by Gasteiger charge is -2.03. The van der Waals surface area contributed by atoms with Gasteiger partial charge in [-0.25, -0.2) is 0 Å². The maximum absolute atomic E-state index is 11.4. The number of nitro groups is 1. The van der Waals surface area contributed by atoms with E-state index in [0.29, 0.717) is 9.86 Å². The van der Waals surface area contributed by atoms with Crippen LogP contribution in [0.25, 0.3) is 0 Å². The number of nitro benzene ring substituents is 1. The standard InChI is InChI=1S/C9H5ClINO4/c10-3-8(14)7-2-6(11)1-5(4-13)9(7)12(15)16/h1-2,4H,3H2. The number of Topliss-reactive ketones (excluding diaryl/α,β-unsaturated/α-hetero) is 1. The Labute approximate surface area is 109 Å². The number of ketones is 1. The predicted octanol–water partition coefficient (Wildman–Crippen LogP) is 2.43. The van der Waals surface area contributed by atoms with Crippen molar-refractivity contribution < 1.29 is 14.5 Å². The molecule has 16 heavy (non-hydrogen) atoms. The van der Waals surface area contributed by atoms with Crippen LogP contribution in [-0.4, -0.2) is 22.9 Å². The Kier molecular flexibility index (Phi) is 4.36. The van der Waals surface area contributed by atoms with Crippen molar-refractivity contribution in [1.82, 2.24) is 0 Å². The smallest absolute Gasteiger partial charge is 0.290 e. The summed E-state index contributed by atoms with van der Waals surface area (Å²) in [5.41, 5.74) is -0.736. The number of carbonyl (C=O) groups excluding carboxylic acids is 2. The van der Waals surface area contributed by atoms with Crippen LogP contribution in [0, 0.1) is 13.7 Å². The van der Waals surface area contributed by atoms with Crippen molar-refractivity contribution in [3.8, 4) is 0 Å². The molecule has 0 radical (unpaired) electrons. The minimum absolute atomic E-state index is 0.120. The molecule has 84 valence electrons. The molecule has 0 unspecified atom stereocenters. The molecule has 0 N–H and O–H groups in total. The van der Waals surface area contributed by atoms with Crippen LogP contribution >= 0.6 is 34.2 Å². The Morgan fingerprint density at radius 1 is 1.56 bits per heavy atom. The zero-order valence-corrected chi connectivity index (χ0v) is 10.7. The van der Waals surface area contributed by atoms with Gasteiger partial charge in [-0.05, 0) is 34.7 Å². The lowest BCUT2D eigenvalue weighted by molar-refractivity contribution is -0.385.